The first kappa shape index (κ1) is 22.9. The van der Waals surface area contributed by atoms with Crippen LogP contribution in [0.15, 0.2) is 59.0 Å². The number of nitrogens with one attached hydrogen (secondary N) is 1. The zero-order chi connectivity index (χ0) is 24.6. The van der Waals surface area contributed by atoms with Crippen molar-refractivity contribution in [1.29, 1.82) is 0 Å². The normalized spacial score (nSPS) is 12.0. The zero-order valence-electron chi connectivity index (χ0n) is 17.7. The largest absolute Gasteiger partial charge is 0.497 e. The van der Waals surface area contributed by atoms with Gasteiger partial charge >= 0.3 is 6.18 Å². The number of hydrogen-bond donors (Lipinski definition) is 1. The number of methoxy groups -OCH3 is 1. The monoisotopic (exact) mass is 518 g/mol. The lowest BCUT2D eigenvalue weighted by Crippen LogP contribution is -2.06. The quantitative estimate of drug-likeness (QED) is 0.165. The highest BCUT2D eigenvalue weighted by molar-refractivity contribution is 7.16. The lowest BCUT2D eigenvalue weighted by molar-refractivity contribution is -0.138. The van der Waals surface area contributed by atoms with E-state index < -0.39 is 11.2 Å². The highest BCUT2D eigenvalue weighted by Crippen LogP contribution is 2.35. The van der Waals surface area contributed by atoms with E-state index in [4.69, 9.17) is 4.74 Å². The van der Waals surface area contributed by atoms with Gasteiger partial charge < -0.3 is 4.74 Å². The molecule has 2 aromatic carbocycles. The summed E-state index contributed by atoms with van der Waals surface area (Å²) < 4.78 is 59.0. The second-order valence-electron chi connectivity index (χ2n) is 7.09. The molecule has 35 heavy (non-hydrogen) atoms. The van der Waals surface area contributed by atoms with E-state index in [1.165, 1.54) is 36.8 Å². The molecule has 0 aliphatic heterocycles. The summed E-state index contributed by atoms with van der Waals surface area (Å²) in [7, 11) is 1.54. The molecule has 0 saturated heterocycles. The van der Waals surface area contributed by atoms with Crippen LogP contribution in [0.2, 0.25) is 0 Å². The number of anilines is 1. The molecule has 3 heterocycles. The van der Waals surface area contributed by atoms with E-state index in [9.17, 15) is 17.6 Å². The predicted octanol–water partition coefficient (Wildman–Crippen LogP) is 6.19. The number of halogens is 4. The number of hydrazone groups is 1. The number of thiazole rings is 1. The number of nitrogens with zero attached hydrogens (tertiary/aromatic N) is 5. The minimum absolute atomic E-state index is 0.0810. The maximum atomic E-state index is 13.2. The van der Waals surface area contributed by atoms with Crippen LogP contribution in [0, 0.1) is 5.82 Å². The van der Waals surface area contributed by atoms with Gasteiger partial charge in [0.05, 0.1) is 19.0 Å². The molecule has 7 nitrogen and oxygen atoms in total. The van der Waals surface area contributed by atoms with Crippen LogP contribution in [0.3, 0.4) is 0 Å². The minimum atomic E-state index is -4.59. The zero-order valence-corrected chi connectivity index (χ0v) is 19.4. The molecule has 0 bridgehead atoms. The van der Waals surface area contributed by atoms with Crippen LogP contribution < -0.4 is 10.2 Å². The Morgan fingerprint density at radius 3 is 2.43 bits per heavy atom. The van der Waals surface area contributed by atoms with Crippen LogP contribution in [-0.2, 0) is 6.18 Å². The third kappa shape index (κ3) is 4.72. The summed E-state index contributed by atoms with van der Waals surface area (Å²) >= 11 is 1.72. The Morgan fingerprint density at radius 1 is 1.03 bits per heavy atom. The smallest absolute Gasteiger partial charge is 0.445 e. The van der Waals surface area contributed by atoms with E-state index >= 15 is 0 Å². The summed E-state index contributed by atoms with van der Waals surface area (Å²) in [4.78, 5) is 8.85. The van der Waals surface area contributed by atoms with Crippen molar-refractivity contribution >= 4 is 39.0 Å². The Labute approximate surface area is 203 Å². The van der Waals surface area contributed by atoms with Gasteiger partial charge in [-0.1, -0.05) is 11.3 Å². The van der Waals surface area contributed by atoms with Gasteiger partial charge in [-0.2, -0.15) is 18.3 Å². The number of fused-ring (bicyclic) bond motifs is 1. The van der Waals surface area contributed by atoms with E-state index in [0.717, 1.165) is 10.1 Å². The van der Waals surface area contributed by atoms with Gasteiger partial charge in [0.15, 0.2) is 0 Å². The summed E-state index contributed by atoms with van der Waals surface area (Å²) in [6.07, 6.45) is -3.24. The molecule has 178 valence electrons. The molecule has 5 aromatic rings. The molecule has 0 saturated carbocycles. The third-order valence-corrected chi connectivity index (χ3v) is 6.54. The number of hydrogen-bond acceptors (Lipinski definition) is 8. The molecule has 1 N–H and O–H groups in total. The summed E-state index contributed by atoms with van der Waals surface area (Å²) in [5.74, 6) is 0.285. The predicted molar refractivity (Wildman–Crippen MR) is 127 cm³/mol. The fraction of sp³-hybridized carbons (Fsp3) is 0.0909. The molecule has 0 amide bonds. The number of aromatic nitrogens is 4. The van der Waals surface area contributed by atoms with Gasteiger partial charge in [0.25, 0.3) is 0 Å². The number of alkyl halides is 3. The lowest BCUT2D eigenvalue weighted by Gasteiger charge is -2.03. The van der Waals surface area contributed by atoms with Gasteiger partial charge in [0.2, 0.25) is 15.1 Å². The van der Waals surface area contributed by atoms with E-state index in [-0.39, 0.29) is 16.5 Å². The standard InChI is InChI=1S/C22H14F4N6OS2/c1-33-15-8-4-13(5-9-15)18-17(32-21(29-18)35-19(31-32)22(24,25)26)10-27-30-20-28-16(11-34-20)12-2-6-14(23)7-3-12/h2-11H,1H3,(H,28,30)/b27-10+. The van der Waals surface area contributed by atoms with Gasteiger partial charge in [-0.25, -0.2) is 18.9 Å². The van der Waals surface area contributed by atoms with Crippen LogP contribution >= 0.6 is 22.7 Å². The molecule has 5 rings (SSSR count). The van der Waals surface area contributed by atoms with Gasteiger partial charge in [0.1, 0.15) is 23.0 Å². The van der Waals surface area contributed by atoms with Gasteiger partial charge in [-0.15, -0.1) is 16.4 Å². The van der Waals surface area contributed by atoms with Crippen molar-refractivity contribution in [3.8, 4) is 28.3 Å². The Morgan fingerprint density at radius 2 is 1.74 bits per heavy atom. The van der Waals surface area contributed by atoms with Crippen molar-refractivity contribution < 1.29 is 22.3 Å². The van der Waals surface area contributed by atoms with Gasteiger partial charge in [0, 0.05) is 16.5 Å². The molecule has 0 aliphatic carbocycles. The first-order valence-electron chi connectivity index (χ1n) is 9.93. The third-order valence-electron chi connectivity index (χ3n) is 4.84. The first-order valence-corrected chi connectivity index (χ1v) is 11.6. The van der Waals surface area contributed by atoms with E-state index in [1.807, 2.05) is 0 Å². The summed E-state index contributed by atoms with van der Waals surface area (Å²) in [5.41, 5.74) is 5.48. The summed E-state index contributed by atoms with van der Waals surface area (Å²) in [6, 6.07) is 12.9. The topological polar surface area (TPSA) is 76.7 Å². The first-order chi connectivity index (χ1) is 16.8. The SMILES string of the molecule is COc1ccc(-c2nc3sc(C(F)(F)F)nn3c2/C=N/Nc2nc(-c3ccc(F)cc3)cs2)cc1. The second-order valence-corrected chi connectivity index (χ2v) is 8.90. The van der Waals surface area contributed by atoms with Crippen LogP contribution in [0.25, 0.3) is 27.5 Å². The summed E-state index contributed by atoms with van der Waals surface area (Å²) in [6.45, 7) is 0. The molecule has 13 heteroatoms. The average Bonchev–Trinajstić information content (AvgIpc) is 3.55. The van der Waals surface area contributed by atoms with Crippen molar-refractivity contribution in [2.75, 3.05) is 12.5 Å². The van der Waals surface area contributed by atoms with Crippen molar-refractivity contribution in [3.63, 3.8) is 0 Å². The fourth-order valence-corrected chi connectivity index (χ4v) is 4.62. The fourth-order valence-electron chi connectivity index (χ4n) is 3.18. The van der Waals surface area contributed by atoms with E-state index in [0.29, 0.717) is 39.2 Å². The Balaban J connectivity index is 1.46. The van der Waals surface area contributed by atoms with Crippen LogP contribution in [-0.4, -0.2) is 32.9 Å². The Hall–Kier alpha value is -3.84. The van der Waals surface area contributed by atoms with E-state index in [1.54, 1.807) is 41.8 Å². The van der Waals surface area contributed by atoms with Crippen molar-refractivity contribution in [2.45, 2.75) is 6.18 Å². The van der Waals surface area contributed by atoms with Crippen LogP contribution in [0.5, 0.6) is 5.75 Å². The molecular weight excluding hydrogens is 504 g/mol. The molecular formula is C22H14F4N6OS2. The molecule has 3 aromatic heterocycles. The van der Waals surface area contributed by atoms with Gasteiger partial charge in [-0.05, 0) is 48.5 Å². The van der Waals surface area contributed by atoms with Crippen molar-refractivity contribution in [1.82, 2.24) is 19.6 Å². The molecule has 0 aliphatic rings. The number of ether oxygens (including phenoxy) is 1. The maximum Gasteiger partial charge on any atom is 0.445 e. The molecule has 0 atom stereocenters. The number of imidazole rings is 1. The molecule has 0 spiro atoms. The summed E-state index contributed by atoms with van der Waals surface area (Å²) in [5, 5.41) is 9.08. The minimum Gasteiger partial charge on any atom is -0.497 e. The number of benzene rings is 2. The maximum absolute atomic E-state index is 13.2. The van der Waals surface area contributed by atoms with Crippen molar-refractivity contribution in [2.24, 2.45) is 5.10 Å². The Bertz CT molecular complexity index is 1500. The van der Waals surface area contributed by atoms with Crippen LogP contribution in [0.4, 0.5) is 22.7 Å². The second kappa shape index (κ2) is 9.07. The van der Waals surface area contributed by atoms with E-state index in [2.05, 4.69) is 25.6 Å². The average molecular weight is 519 g/mol. The molecule has 0 unspecified atom stereocenters. The molecule has 0 fully saturated rings. The number of rotatable bonds is 6. The van der Waals surface area contributed by atoms with Crippen molar-refractivity contribution in [3.05, 3.63) is 70.4 Å². The Kier molecular flexibility index (Phi) is 5.94. The van der Waals surface area contributed by atoms with Gasteiger partial charge in [-0.3, -0.25) is 5.43 Å². The molecule has 0 radical (unpaired) electrons. The lowest BCUT2D eigenvalue weighted by atomic mass is 10.1. The highest BCUT2D eigenvalue weighted by atomic mass is 32.1. The highest BCUT2D eigenvalue weighted by Gasteiger charge is 2.36. The van der Waals surface area contributed by atoms with Crippen LogP contribution in [0.1, 0.15) is 10.7 Å².